The molecule has 1 atom stereocenters. The Hall–Kier alpha value is -1.86. The average molecular weight is 294 g/mol. The van der Waals surface area contributed by atoms with Crippen LogP contribution >= 0.6 is 0 Å². The standard InChI is InChI=1S/C14H22N4O3/c1-3-21-14-7-11(6-12(8-14)18(19)20)17-5-4-16(2)10-13(17)9-15/h6-8,13H,3-5,9-10,15H2,1-2H3. The Labute approximate surface area is 124 Å². The van der Waals surface area contributed by atoms with Gasteiger partial charge in [0.25, 0.3) is 5.69 Å². The molecule has 1 aliphatic rings. The molecular formula is C14H22N4O3. The van der Waals surface area contributed by atoms with Gasteiger partial charge in [0.05, 0.1) is 23.6 Å². The predicted octanol–water partition coefficient (Wildman–Crippen LogP) is 1.07. The number of hydrogen-bond donors (Lipinski definition) is 1. The Balaban J connectivity index is 2.34. The van der Waals surface area contributed by atoms with E-state index in [1.807, 2.05) is 13.0 Å². The molecule has 0 spiro atoms. The summed E-state index contributed by atoms with van der Waals surface area (Å²) >= 11 is 0. The number of anilines is 1. The number of nitro groups is 1. The molecule has 0 bridgehead atoms. The lowest BCUT2D eigenvalue weighted by Crippen LogP contribution is -2.55. The van der Waals surface area contributed by atoms with Gasteiger partial charge in [-0.1, -0.05) is 0 Å². The summed E-state index contributed by atoms with van der Waals surface area (Å²) < 4.78 is 5.45. The van der Waals surface area contributed by atoms with Crippen molar-refractivity contribution < 1.29 is 9.66 Å². The summed E-state index contributed by atoms with van der Waals surface area (Å²) in [5.41, 5.74) is 6.70. The van der Waals surface area contributed by atoms with Crippen molar-refractivity contribution in [2.75, 3.05) is 44.7 Å². The van der Waals surface area contributed by atoms with Crippen molar-refractivity contribution in [3.8, 4) is 5.75 Å². The number of ether oxygens (including phenoxy) is 1. The summed E-state index contributed by atoms with van der Waals surface area (Å²) in [4.78, 5) is 15.1. The molecule has 0 aromatic heterocycles. The maximum absolute atomic E-state index is 11.1. The number of piperazine rings is 1. The minimum absolute atomic E-state index is 0.0469. The van der Waals surface area contributed by atoms with Crippen molar-refractivity contribution in [2.45, 2.75) is 13.0 Å². The molecule has 0 aliphatic carbocycles. The highest BCUT2D eigenvalue weighted by Gasteiger charge is 2.26. The molecule has 7 nitrogen and oxygen atoms in total. The van der Waals surface area contributed by atoms with Crippen LogP contribution in [0.1, 0.15) is 6.92 Å². The molecule has 1 unspecified atom stereocenters. The van der Waals surface area contributed by atoms with Gasteiger partial charge >= 0.3 is 0 Å². The number of nitrogens with two attached hydrogens (primary N) is 1. The molecule has 1 aromatic rings. The smallest absolute Gasteiger partial charge is 0.275 e. The van der Waals surface area contributed by atoms with Crippen LogP contribution in [0.5, 0.6) is 5.75 Å². The van der Waals surface area contributed by atoms with Crippen LogP contribution in [0.2, 0.25) is 0 Å². The fraction of sp³-hybridized carbons (Fsp3) is 0.571. The number of hydrogen-bond acceptors (Lipinski definition) is 6. The van der Waals surface area contributed by atoms with Gasteiger partial charge in [-0.25, -0.2) is 0 Å². The van der Waals surface area contributed by atoms with E-state index in [1.165, 1.54) is 6.07 Å². The second kappa shape index (κ2) is 6.73. The summed E-state index contributed by atoms with van der Waals surface area (Å²) in [6, 6.07) is 5.06. The summed E-state index contributed by atoms with van der Waals surface area (Å²) in [5.74, 6) is 0.524. The van der Waals surface area contributed by atoms with Crippen molar-refractivity contribution in [2.24, 2.45) is 5.73 Å². The fourth-order valence-electron chi connectivity index (χ4n) is 2.64. The van der Waals surface area contributed by atoms with Crippen LogP contribution in [-0.2, 0) is 0 Å². The predicted molar refractivity (Wildman–Crippen MR) is 82.0 cm³/mol. The van der Waals surface area contributed by atoms with E-state index >= 15 is 0 Å². The Morgan fingerprint density at radius 2 is 2.19 bits per heavy atom. The molecule has 1 fully saturated rings. The fourth-order valence-corrected chi connectivity index (χ4v) is 2.64. The number of likely N-dealkylation sites (N-methyl/N-ethyl adjacent to an activating group) is 1. The second-order valence-electron chi connectivity index (χ2n) is 5.22. The first-order valence-corrected chi connectivity index (χ1v) is 7.12. The first kappa shape index (κ1) is 15.5. The quantitative estimate of drug-likeness (QED) is 0.646. The van der Waals surface area contributed by atoms with E-state index in [0.717, 1.165) is 25.3 Å². The van der Waals surface area contributed by atoms with Crippen LogP contribution in [0.15, 0.2) is 18.2 Å². The molecule has 1 aromatic carbocycles. The van der Waals surface area contributed by atoms with E-state index < -0.39 is 0 Å². The van der Waals surface area contributed by atoms with Crippen molar-refractivity contribution >= 4 is 11.4 Å². The molecule has 0 amide bonds. The zero-order valence-corrected chi connectivity index (χ0v) is 12.5. The molecule has 2 rings (SSSR count). The molecule has 1 heterocycles. The second-order valence-corrected chi connectivity index (χ2v) is 5.22. The third kappa shape index (κ3) is 3.62. The third-order valence-corrected chi connectivity index (χ3v) is 3.69. The molecule has 2 N–H and O–H groups in total. The number of nitrogens with zero attached hydrogens (tertiary/aromatic N) is 3. The minimum Gasteiger partial charge on any atom is -0.494 e. The molecule has 1 aliphatic heterocycles. The van der Waals surface area contributed by atoms with Gasteiger partial charge in [0.1, 0.15) is 5.75 Å². The van der Waals surface area contributed by atoms with Gasteiger partial charge in [-0.15, -0.1) is 0 Å². The Morgan fingerprint density at radius 3 is 2.81 bits per heavy atom. The summed E-state index contributed by atoms with van der Waals surface area (Å²) in [6.07, 6.45) is 0. The number of rotatable bonds is 5. The van der Waals surface area contributed by atoms with Gasteiger partial charge in [0.15, 0.2) is 0 Å². The molecule has 7 heteroatoms. The summed E-state index contributed by atoms with van der Waals surface area (Å²) in [5, 5.41) is 11.1. The lowest BCUT2D eigenvalue weighted by molar-refractivity contribution is -0.384. The lowest BCUT2D eigenvalue weighted by atomic mass is 10.1. The van der Waals surface area contributed by atoms with Crippen LogP contribution in [0.4, 0.5) is 11.4 Å². The van der Waals surface area contributed by atoms with E-state index in [-0.39, 0.29) is 16.7 Å². The minimum atomic E-state index is -0.389. The summed E-state index contributed by atoms with van der Waals surface area (Å²) in [7, 11) is 2.05. The van der Waals surface area contributed by atoms with E-state index in [1.54, 1.807) is 6.07 Å². The highest BCUT2D eigenvalue weighted by atomic mass is 16.6. The monoisotopic (exact) mass is 294 g/mol. The molecule has 116 valence electrons. The van der Waals surface area contributed by atoms with Crippen LogP contribution in [0.3, 0.4) is 0 Å². The normalized spacial score (nSPS) is 19.6. The highest BCUT2D eigenvalue weighted by molar-refractivity contribution is 5.59. The largest absolute Gasteiger partial charge is 0.494 e. The summed E-state index contributed by atoms with van der Waals surface area (Å²) in [6.45, 7) is 5.40. The Morgan fingerprint density at radius 1 is 1.43 bits per heavy atom. The Kier molecular flexibility index (Phi) is 4.98. The first-order chi connectivity index (χ1) is 10.0. The van der Waals surface area contributed by atoms with Crippen molar-refractivity contribution in [3.63, 3.8) is 0 Å². The van der Waals surface area contributed by atoms with Crippen LogP contribution < -0.4 is 15.4 Å². The van der Waals surface area contributed by atoms with Gasteiger partial charge in [0, 0.05) is 44.0 Å². The number of benzene rings is 1. The van der Waals surface area contributed by atoms with Crippen LogP contribution in [0, 0.1) is 10.1 Å². The van der Waals surface area contributed by atoms with Crippen LogP contribution in [0.25, 0.3) is 0 Å². The SMILES string of the molecule is CCOc1cc(N2CCN(C)CC2CN)cc([N+](=O)[O-])c1. The van der Waals surface area contributed by atoms with Crippen molar-refractivity contribution in [1.29, 1.82) is 0 Å². The van der Waals surface area contributed by atoms with E-state index in [4.69, 9.17) is 10.5 Å². The average Bonchev–Trinajstić information content (AvgIpc) is 2.47. The highest BCUT2D eigenvalue weighted by Crippen LogP contribution is 2.30. The molecule has 1 saturated heterocycles. The molecule has 0 radical (unpaired) electrons. The maximum atomic E-state index is 11.1. The van der Waals surface area contributed by atoms with Gasteiger partial charge in [0.2, 0.25) is 0 Å². The molecule has 0 saturated carbocycles. The Bertz CT molecular complexity index is 509. The van der Waals surface area contributed by atoms with Gasteiger partial charge < -0.3 is 20.3 Å². The number of non-ortho nitro benzene ring substituents is 1. The van der Waals surface area contributed by atoms with Crippen LogP contribution in [-0.4, -0.2) is 55.7 Å². The number of nitro benzene ring substituents is 1. The van der Waals surface area contributed by atoms with Gasteiger partial charge in [-0.05, 0) is 14.0 Å². The van der Waals surface area contributed by atoms with Gasteiger partial charge in [-0.3, -0.25) is 10.1 Å². The van der Waals surface area contributed by atoms with E-state index in [2.05, 4.69) is 16.8 Å². The topological polar surface area (TPSA) is 84.9 Å². The van der Waals surface area contributed by atoms with Gasteiger partial charge in [-0.2, -0.15) is 0 Å². The molecular weight excluding hydrogens is 272 g/mol. The third-order valence-electron chi connectivity index (χ3n) is 3.69. The molecule has 21 heavy (non-hydrogen) atoms. The van der Waals surface area contributed by atoms with E-state index in [9.17, 15) is 10.1 Å². The zero-order valence-electron chi connectivity index (χ0n) is 12.5. The van der Waals surface area contributed by atoms with Crippen molar-refractivity contribution in [1.82, 2.24) is 4.90 Å². The maximum Gasteiger partial charge on any atom is 0.275 e. The first-order valence-electron chi connectivity index (χ1n) is 7.12. The zero-order chi connectivity index (χ0) is 15.4. The van der Waals surface area contributed by atoms with Crippen molar-refractivity contribution in [3.05, 3.63) is 28.3 Å². The van der Waals surface area contributed by atoms with E-state index in [0.29, 0.717) is 18.9 Å². The lowest BCUT2D eigenvalue weighted by Gasteiger charge is -2.41.